The van der Waals surface area contributed by atoms with Gasteiger partial charge >= 0.3 is 0 Å². The van der Waals surface area contributed by atoms with Gasteiger partial charge in [0, 0.05) is 11.6 Å². The molecule has 1 aliphatic heterocycles. The molecule has 0 aliphatic carbocycles. The van der Waals surface area contributed by atoms with Crippen LogP contribution in [0.25, 0.3) is 11.1 Å². The van der Waals surface area contributed by atoms with E-state index in [1.165, 1.54) is 15.6 Å². The van der Waals surface area contributed by atoms with E-state index < -0.39 is 10.0 Å². The lowest BCUT2D eigenvalue weighted by Gasteiger charge is -2.37. The van der Waals surface area contributed by atoms with E-state index in [4.69, 9.17) is 9.47 Å². The van der Waals surface area contributed by atoms with Gasteiger partial charge in [-0.25, -0.2) is 13.4 Å². The largest absolute Gasteiger partial charge is 0.497 e. The van der Waals surface area contributed by atoms with E-state index >= 15 is 0 Å². The van der Waals surface area contributed by atoms with E-state index in [0.717, 1.165) is 16.9 Å². The van der Waals surface area contributed by atoms with E-state index in [1.807, 2.05) is 41.8 Å². The van der Waals surface area contributed by atoms with Gasteiger partial charge in [-0.15, -0.1) is 0 Å². The van der Waals surface area contributed by atoms with Crippen LogP contribution >= 0.6 is 11.3 Å². The summed E-state index contributed by atoms with van der Waals surface area (Å²) in [7, 11) is -1.89. The molecule has 0 radical (unpaired) electrons. The van der Waals surface area contributed by atoms with Gasteiger partial charge in [-0.05, 0) is 35.4 Å². The Hall–Kier alpha value is -2.42. The van der Waals surface area contributed by atoms with Crippen LogP contribution in [0.1, 0.15) is 0 Å². The molecule has 1 aliphatic rings. The molecule has 4 rings (SSSR count). The molecule has 2 heterocycles. The molecule has 1 saturated heterocycles. The molecule has 0 amide bonds. The van der Waals surface area contributed by atoms with Gasteiger partial charge in [-0.2, -0.15) is 4.31 Å². The van der Waals surface area contributed by atoms with Crippen molar-refractivity contribution in [2.75, 3.05) is 20.2 Å². The fraction of sp³-hybridized carbons (Fsp3) is 0.211. The second kappa shape index (κ2) is 7.30. The molecular weight excluding hydrogens is 384 g/mol. The van der Waals surface area contributed by atoms with Crippen LogP contribution in [0.5, 0.6) is 10.9 Å². The lowest BCUT2D eigenvalue weighted by molar-refractivity contribution is 0.0759. The molecule has 0 N–H and O–H groups in total. The lowest BCUT2D eigenvalue weighted by Crippen LogP contribution is -2.55. The summed E-state index contributed by atoms with van der Waals surface area (Å²) in [5.74, 6) is 0.783. The quantitative estimate of drug-likeness (QED) is 0.633. The smallest absolute Gasteiger partial charge is 0.273 e. The summed E-state index contributed by atoms with van der Waals surface area (Å²) in [6.07, 6.45) is 1.52. The summed E-state index contributed by atoms with van der Waals surface area (Å²) >= 11 is 1.40. The Balaban J connectivity index is 1.43. The van der Waals surface area contributed by atoms with Gasteiger partial charge in [0.15, 0.2) is 0 Å². The maximum Gasteiger partial charge on any atom is 0.273 e. The van der Waals surface area contributed by atoms with Crippen molar-refractivity contribution in [3.8, 4) is 22.1 Å². The second-order valence-electron chi connectivity index (χ2n) is 6.11. The van der Waals surface area contributed by atoms with Crippen molar-refractivity contribution >= 4 is 21.4 Å². The summed E-state index contributed by atoms with van der Waals surface area (Å²) < 4.78 is 37.7. The third-order valence-electron chi connectivity index (χ3n) is 4.41. The first-order valence-electron chi connectivity index (χ1n) is 8.37. The fourth-order valence-electron chi connectivity index (χ4n) is 2.83. The first kappa shape index (κ1) is 18.0. The highest BCUT2D eigenvalue weighted by Crippen LogP contribution is 2.28. The monoisotopic (exact) mass is 402 g/mol. The lowest BCUT2D eigenvalue weighted by atomic mass is 10.1. The number of nitrogens with zero attached hydrogens (tertiary/aromatic N) is 2. The van der Waals surface area contributed by atoms with Crippen molar-refractivity contribution in [3.63, 3.8) is 0 Å². The third kappa shape index (κ3) is 3.69. The Morgan fingerprint density at radius 2 is 1.67 bits per heavy atom. The Morgan fingerprint density at radius 1 is 1.04 bits per heavy atom. The minimum atomic E-state index is -3.51. The molecule has 0 atom stereocenters. The molecule has 6 nitrogen and oxygen atoms in total. The van der Waals surface area contributed by atoms with Crippen molar-refractivity contribution in [2.24, 2.45) is 0 Å². The van der Waals surface area contributed by atoms with Crippen LogP contribution < -0.4 is 9.47 Å². The van der Waals surface area contributed by atoms with Crippen LogP contribution in [0.3, 0.4) is 0 Å². The first-order valence-corrected chi connectivity index (χ1v) is 10.7. The topological polar surface area (TPSA) is 68.7 Å². The van der Waals surface area contributed by atoms with Crippen LogP contribution in [-0.2, 0) is 10.0 Å². The van der Waals surface area contributed by atoms with Gasteiger partial charge in [0.2, 0.25) is 10.0 Å². The van der Waals surface area contributed by atoms with Crippen molar-refractivity contribution in [1.29, 1.82) is 0 Å². The highest BCUT2D eigenvalue weighted by molar-refractivity contribution is 7.89. The molecule has 1 fully saturated rings. The standard InChI is InChI=1S/C19H18N2O4S2/c1-24-16-6-2-14(3-7-16)15-4-8-18(9-5-15)27(22,23)21-12-17(13-21)25-19-20-10-11-26-19/h2-11,17H,12-13H2,1H3. The molecule has 2 aromatic carbocycles. The second-order valence-corrected chi connectivity index (χ2v) is 8.91. The number of sulfonamides is 1. The number of hydrogen-bond donors (Lipinski definition) is 0. The van der Waals surface area contributed by atoms with Crippen LogP contribution in [0.2, 0.25) is 0 Å². The molecule has 140 valence electrons. The predicted octanol–water partition coefficient (Wildman–Crippen LogP) is 3.27. The molecule has 27 heavy (non-hydrogen) atoms. The van der Waals surface area contributed by atoms with Gasteiger partial charge in [0.25, 0.3) is 5.19 Å². The number of methoxy groups -OCH3 is 1. The van der Waals surface area contributed by atoms with Gasteiger partial charge in [0.1, 0.15) is 11.9 Å². The number of rotatable bonds is 6. The number of benzene rings is 2. The molecule has 0 spiro atoms. The Labute approximate surface area is 162 Å². The van der Waals surface area contributed by atoms with Gasteiger partial charge in [-0.3, -0.25) is 0 Å². The minimum absolute atomic E-state index is 0.149. The summed E-state index contributed by atoms with van der Waals surface area (Å²) in [5, 5.41) is 2.40. The van der Waals surface area contributed by atoms with E-state index in [2.05, 4.69) is 4.98 Å². The van der Waals surface area contributed by atoms with E-state index in [-0.39, 0.29) is 11.0 Å². The maximum absolute atomic E-state index is 12.7. The highest BCUT2D eigenvalue weighted by Gasteiger charge is 2.38. The number of thiazole rings is 1. The molecule has 0 bridgehead atoms. The molecule has 8 heteroatoms. The molecular formula is C19H18N2O4S2. The highest BCUT2D eigenvalue weighted by atomic mass is 32.2. The minimum Gasteiger partial charge on any atom is -0.497 e. The molecule has 0 unspecified atom stereocenters. The van der Waals surface area contributed by atoms with Gasteiger partial charge < -0.3 is 9.47 Å². The maximum atomic E-state index is 12.7. The zero-order valence-electron chi connectivity index (χ0n) is 14.6. The summed E-state index contributed by atoms with van der Waals surface area (Å²) in [6, 6.07) is 14.6. The van der Waals surface area contributed by atoms with E-state index in [0.29, 0.717) is 18.3 Å². The predicted molar refractivity (Wildman–Crippen MR) is 104 cm³/mol. The Morgan fingerprint density at radius 3 is 2.22 bits per heavy atom. The normalized spacial score (nSPS) is 15.3. The number of aromatic nitrogens is 1. The van der Waals surface area contributed by atoms with Crippen LogP contribution in [0, 0.1) is 0 Å². The van der Waals surface area contributed by atoms with Gasteiger partial charge in [-0.1, -0.05) is 35.6 Å². The van der Waals surface area contributed by atoms with Crippen LogP contribution in [0.4, 0.5) is 0 Å². The summed E-state index contributed by atoms with van der Waals surface area (Å²) in [6.45, 7) is 0.671. The zero-order valence-corrected chi connectivity index (χ0v) is 16.2. The van der Waals surface area contributed by atoms with Crippen molar-refractivity contribution in [1.82, 2.24) is 9.29 Å². The van der Waals surface area contributed by atoms with Gasteiger partial charge in [0.05, 0.1) is 25.1 Å². The molecule has 0 saturated carbocycles. The first-order chi connectivity index (χ1) is 13.1. The summed E-state index contributed by atoms with van der Waals surface area (Å²) in [5.41, 5.74) is 1.95. The van der Waals surface area contributed by atoms with Crippen LogP contribution in [0.15, 0.2) is 65.0 Å². The number of hydrogen-bond acceptors (Lipinski definition) is 6. The van der Waals surface area contributed by atoms with E-state index in [9.17, 15) is 8.42 Å². The van der Waals surface area contributed by atoms with Crippen LogP contribution in [-0.4, -0.2) is 44.0 Å². The van der Waals surface area contributed by atoms with Crippen molar-refractivity contribution < 1.29 is 17.9 Å². The average molecular weight is 402 g/mol. The fourth-order valence-corrected chi connectivity index (χ4v) is 4.89. The average Bonchev–Trinajstić information content (AvgIpc) is 3.18. The Bertz CT molecular complexity index is 995. The van der Waals surface area contributed by atoms with E-state index in [1.54, 1.807) is 25.4 Å². The van der Waals surface area contributed by atoms with Crippen molar-refractivity contribution in [2.45, 2.75) is 11.0 Å². The Kier molecular flexibility index (Phi) is 4.86. The van der Waals surface area contributed by atoms with Crippen molar-refractivity contribution in [3.05, 3.63) is 60.1 Å². The molecule has 1 aromatic heterocycles. The zero-order chi connectivity index (χ0) is 18.9. The third-order valence-corrected chi connectivity index (χ3v) is 6.91. The SMILES string of the molecule is COc1ccc(-c2ccc(S(=O)(=O)N3CC(Oc4nccs4)C3)cc2)cc1. The molecule has 3 aromatic rings. The number of ether oxygens (including phenoxy) is 2. The summed E-state index contributed by atoms with van der Waals surface area (Å²) in [4.78, 5) is 4.34.